The van der Waals surface area contributed by atoms with Crippen LogP contribution in [0.1, 0.15) is 23.2 Å². The highest BCUT2D eigenvalue weighted by Gasteiger charge is 2.21. The number of pyridine rings is 1. The maximum Gasteiger partial charge on any atom is 0.251 e. The summed E-state index contributed by atoms with van der Waals surface area (Å²) in [6, 6.07) is 3.21. The lowest BCUT2D eigenvalue weighted by molar-refractivity contribution is -0.130. The van der Waals surface area contributed by atoms with Crippen LogP contribution in [-0.4, -0.2) is 66.9 Å². The number of carbonyl (C=O) groups is 2. The van der Waals surface area contributed by atoms with E-state index in [9.17, 15) is 9.59 Å². The first kappa shape index (κ1) is 17.7. The van der Waals surface area contributed by atoms with Crippen LogP contribution >= 0.6 is 11.6 Å². The summed E-state index contributed by atoms with van der Waals surface area (Å²) in [5.74, 6) is 0.452. The predicted molar refractivity (Wildman–Crippen MR) is 89.4 cm³/mol. The van der Waals surface area contributed by atoms with Gasteiger partial charge in [0.2, 0.25) is 5.91 Å². The van der Waals surface area contributed by atoms with Crippen LogP contribution in [-0.2, 0) is 4.79 Å². The van der Waals surface area contributed by atoms with Gasteiger partial charge in [0, 0.05) is 32.4 Å². The number of likely N-dealkylation sites (tertiary alicyclic amines) is 1. The number of nitrogens with one attached hydrogen (secondary N) is 1. The molecule has 0 aliphatic carbocycles. The standard InChI is InChI=1S/C16H23ClN4O2/c1-20(2)15(22)11-21-7-4-12(5-8-21)10-19-16(23)13-3-6-18-14(17)9-13/h3,6,9,12H,4-5,7-8,10-11H2,1-2H3,(H,19,23). The summed E-state index contributed by atoms with van der Waals surface area (Å²) in [6.45, 7) is 2.90. The van der Waals surface area contributed by atoms with Crippen molar-refractivity contribution in [2.24, 2.45) is 5.92 Å². The second kappa shape index (κ2) is 8.26. The van der Waals surface area contributed by atoms with E-state index in [1.165, 1.54) is 6.20 Å². The van der Waals surface area contributed by atoms with E-state index in [0.717, 1.165) is 25.9 Å². The van der Waals surface area contributed by atoms with Crippen molar-refractivity contribution in [1.82, 2.24) is 20.1 Å². The van der Waals surface area contributed by atoms with Crippen molar-refractivity contribution in [3.05, 3.63) is 29.0 Å². The number of hydrogen-bond donors (Lipinski definition) is 1. The maximum absolute atomic E-state index is 12.1. The quantitative estimate of drug-likeness (QED) is 0.821. The number of piperidine rings is 1. The van der Waals surface area contributed by atoms with Crippen LogP contribution in [0.15, 0.2) is 18.3 Å². The first-order valence-electron chi connectivity index (χ1n) is 7.78. The van der Waals surface area contributed by atoms with Crippen LogP contribution in [0.4, 0.5) is 0 Å². The van der Waals surface area contributed by atoms with Gasteiger partial charge in [0.05, 0.1) is 6.54 Å². The van der Waals surface area contributed by atoms with Crippen LogP contribution in [0.25, 0.3) is 0 Å². The Morgan fingerprint density at radius 1 is 1.39 bits per heavy atom. The number of halogens is 1. The first-order valence-corrected chi connectivity index (χ1v) is 8.15. The van der Waals surface area contributed by atoms with Gasteiger partial charge in [0.25, 0.3) is 5.91 Å². The average Bonchev–Trinajstić information content (AvgIpc) is 2.53. The van der Waals surface area contributed by atoms with Gasteiger partial charge in [0.15, 0.2) is 0 Å². The molecule has 0 unspecified atom stereocenters. The van der Waals surface area contributed by atoms with Crippen molar-refractivity contribution in [3.63, 3.8) is 0 Å². The number of aromatic nitrogens is 1. The van der Waals surface area contributed by atoms with Gasteiger partial charge in [-0.15, -0.1) is 0 Å². The zero-order valence-electron chi connectivity index (χ0n) is 13.6. The number of hydrogen-bond acceptors (Lipinski definition) is 4. The molecule has 1 aliphatic heterocycles. The Kier molecular flexibility index (Phi) is 6.36. The molecule has 126 valence electrons. The van der Waals surface area contributed by atoms with Gasteiger partial charge in [-0.25, -0.2) is 4.98 Å². The van der Waals surface area contributed by atoms with Crippen LogP contribution in [0, 0.1) is 5.92 Å². The lowest BCUT2D eigenvalue weighted by atomic mass is 9.96. The van der Waals surface area contributed by atoms with E-state index in [2.05, 4.69) is 15.2 Å². The van der Waals surface area contributed by atoms with Crippen LogP contribution in [0.5, 0.6) is 0 Å². The Hall–Kier alpha value is -1.66. The van der Waals surface area contributed by atoms with E-state index >= 15 is 0 Å². The zero-order chi connectivity index (χ0) is 16.8. The second-order valence-corrected chi connectivity index (χ2v) is 6.47. The monoisotopic (exact) mass is 338 g/mol. The smallest absolute Gasteiger partial charge is 0.251 e. The number of amides is 2. The van der Waals surface area contributed by atoms with E-state index < -0.39 is 0 Å². The van der Waals surface area contributed by atoms with Crippen molar-refractivity contribution >= 4 is 23.4 Å². The van der Waals surface area contributed by atoms with Crippen molar-refractivity contribution in [3.8, 4) is 0 Å². The molecule has 1 saturated heterocycles. The Balaban J connectivity index is 1.72. The third kappa shape index (κ3) is 5.48. The molecule has 1 aliphatic rings. The molecular formula is C16H23ClN4O2. The van der Waals surface area contributed by atoms with E-state index in [0.29, 0.717) is 29.7 Å². The van der Waals surface area contributed by atoms with Crippen LogP contribution < -0.4 is 5.32 Å². The number of rotatable bonds is 5. The van der Waals surface area contributed by atoms with Crippen molar-refractivity contribution in [2.45, 2.75) is 12.8 Å². The van der Waals surface area contributed by atoms with Gasteiger partial charge in [-0.2, -0.15) is 0 Å². The topological polar surface area (TPSA) is 65.5 Å². The zero-order valence-corrected chi connectivity index (χ0v) is 14.3. The molecule has 1 fully saturated rings. The largest absolute Gasteiger partial charge is 0.352 e. The summed E-state index contributed by atoms with van der Waals surface area (Å²) in [6.07, 6.45) is 3.49. The van der Waals surface area contributed by atoms with Gasteiger partial charge in [-0.05, 0) is 44.0 Å². The molecular weight excluding hydrogens is 316 g/mol. The SMILES string of the molecule is CN(C)C(=O)CN1CCC(CNC(=O)c2ccnc(Cl)c2)CC1. The first-order chi connectivity index (χ1) is 11.0. The van der Waals surface area contributed by atoms with Crippen molar-refractivity contribution < 1.29 is 9.59 Å². The molecule has 2 heterocycles. The molecule has 0 aromatic carbocycles. The molecule has 2 amide bonds. The summed E-state index contributed by atoms with van der Waals surface area (Å²) in [5.41, 5.74) is 0.527. The second-order valence-electron chi connectivity index (χ2n) is 6.08. The maximum atomic E-state index is 12.1. The van der Waals surface area contributed by atoms with Gasteiger partial charge in [0.1, 0.15) is 5.15 Å². The van der Waals surface area contributed by atoms with Crippen molar-refractivity contribution in [1.29, 1.82) is 0 Å². The molecule has 6 nitrogen and oxygen atoms in total. The molecule has 7 heteroatoms. The van der Waals surface area contributed by atoms with Crippen LogP contribution in [0.3, 0.4) is 0 Å². The number of carbonyl (C=O) groups excluding carboxylic acids is 2. The molecule has 0 saturated carbocycles. The van der Waals surface area contributed by atoms with Crippen LogP contribution in [0.2, 0.25) is 5.15 Å². The summed E-state index contributed by atoms with van der Waals surface area (Å²) < 4.78 is 0. The molecule has 0 spiro atoms. The fourth-order valence-corrected chi connectivity index (χ4v) is 2.74. The summed E-state index contributed by atoms with van der Waals surface area (Å²) in [5, 5.41) is 3.27. The third-order valence-corrected chi connectivity index (χ3v) is 4.31. The average molecular weight is 339 g/mol. The lowest BCUT2D eigenvalue weighted by Crippen LogP contribution is -2.43. The van der Waals surface area contributed by atoms with E-state index in [-0.39, 0.29) is 11.8 Å². The minimum absolute atomic E-state index is 0.125. The Morgan fingerprint density at radius 2 is 2.09 bits per heavy atom. The Morgan fingerprint density at radius 3 is 2.70 bits per heavy atom. The Bertz CT molecular complexity index is 557. The predicted octanol–water partition coefficient (Wildman–Crippen LogP) is 1.27. The molecule has 2 rings (SSSR count). The molecule has 1 N–H and O–H groups in total. The molecule has 0 radical (unpaired) electrons. The van der Waals surface area contributed by atoms with E-state index in [4.69, 9.17) is 11.6 Å². The molecule has 0 bridgehead atoms. The summed E-state index contributed by atoms with van der Waals surface area (Å²) in [7, 11) is 3.55. The number of likely N-dealkylation sites (N-methyl/N-ethyl adjacent to an activating group) is 1. The minimum Gasteiger partial charge on any atom is -0.352 e. The highest BCUT2D eigenvalue weighted by Crippen LogP contribution is 2.16. The van der Waals surface area contributed by atoms with Gasteiger partial charge >= 0.3 is 0 Å². The van der Waals surface area contributed by atoms with Crippen molar-refractivity contribution in [2.75, 3.05) is 40.3 Å². The molecule has 1 aromatic rings. The van der Waals surface area contributed by atoms with Gasteiger partial charge < -0.3 is 10.2 Å². The molecule has 0 atom stereocenters. The van der Waals surface area contributed by atoms with Gasteiger partial charge in [-0.3, -0.25) is 14.5 Å². The normalized spacial score (nSPS) is 16.1. The highest BCUT2D eigenvalue weighted by molar-refractivity contribution is 6.29. The lowest BCUT2D eigenvalue weighted by Gasteiger charge is -2.32. The molecule has 23 heavy (non-hydrogen) atoms. The highest BCUT2D eigenvalue weighted by atomic mass is 35.5. The summed E-state index contributed by atoms with van der Waals surface area (Å²) >= 11 is 5.79. The third-order valence-electron chi connectivity index (χ3n) is 4.10. The fraction of sp³-hybridized carbons (Fsp3) is 0.562. The van der Waals surface area contributed by atoms with E-state index in [1.54, 1.807) is 31.1 Å². The van der Waals surface area contributed by atoms with E-state index in [1.807, 2.05) is 0 Å². The Labute approximate surface area is 141 Å². The summed E-state index contributed by atoms with van der Waals surface area (Å²) in [4.78, 5) is 31.4. The minimum atomic E-state index is -0.125. The van der Waals surface area contributed by atoms with Gasteiger partial charge in [-0.1, -0.05) is 11.6 Å². The fourth-order valence-electron chi connectivity index (χ4n) is 2.56. The molecule has 1 aromatic heterocycles. The number of nitrogens with zero attached hydrogens (tertiary/aromatic N) is 3.